The van der Waals surface area contributed by atoms with E-state index in [2.05, 4.69) is 5.32 Å². The first kappa shape index (κ1) is 11.8. The van der Waals surface area contributed by atoms with E-state index in [1.165, 1.54) is 4.88 Å². The minimum atomic E-state index is 0.776. The molecule has 1 nitrogen and oxygen atoms in total. The molecule has 0 radical (unpaired) electrons. The number of thiophene rings is 1. The number of hydrogen-bond acceptors (Lipinski definition) is 2. The van der Waals surface area contributed by atoms with Gasteiger partial charge in [-0.25, -0.2) is 0 Å². The Bertz CT molecular complexity index is 494. The molecule has 0 aliphatic rings. The molecule has 0 aliphatic carbocycles. The van der Waals surface area contributed by atoms with Crippen LogP contribution < -0.4 is 5.32 Å². The SMILES string of the molecule is Cc1c(Cl)cccc1NCc1cc(Cl)cs1. The number of hydrogen-bond donors (Lipinski definition) is 1. The fraction of sp³-hybridized carbons (Fsp3) is 0.167. The van der Waals surface area contributed by atoms with Crippen molar-refractivity contribution >= 4 is 40.2 Å². The van der Waals surface area contributed by atoms with Gasteiger partial charge < -0.3 is 5.32 Å². The van der Waals surface area contributed by atoms with Crippen LogP contribution in [0.3, 0.4) is 0 Å². The largest absolute Gasteiger partial charge is 0.380 e. The summed E-state index contributed by atoms with van der Waals surface area (Å²) in [6.45, 7) is 2.78. The quantitative estimate of drug-likeness (QED) is 0.831. The maximum Gasteiger partial charge on any atom is 0.0516 e. The molecule has 0 unspecified atom stereocenters. The highest BCUT2D eigenvalue weighted by molar-refractivity contribution is 7.10. The predicted molar refractivity (Wildman–Crippen MR) is 72.8 cm³/mol. The van der Waals surface area contributed by atoms with E-state index in [0.29, 0.717) is 0 Å². The van der Waals surface area contributed by atoms with Gasteiger partial charge in [-0.05, 0) is 30.7 Å². The second kappa shape index (κ2) is 5.09. The van der Waals surface area contributed by atoms with Crippen LogP contribution in [-0.4, -0.2) is 0 Å². The van der Waals surface area contributed by atoms with Crippen LogP contribution in [0, 0.1) is 6.92 Å². The average Bonchev–Trinajstić information content (AvgIpc) is 2.67. The Hall–Kier alpha value is -0.700. The zero-order valence-corrected chi connectivity index (χ0v) is 11.1. The third-order valence-corrected chi connectivity index (χ3v) is 4.04. The van der Waals surface area contributed by atoms with E-state index in [-0.39, 0.29) is 0 Å². The molecule has 4 heteroatoms. The molecule has 2 aromatic rings. The van der Waals surface area contributed by atoms with Gasteiger partial charge in [-0.3, -0.25) is 0 Å². The Labute approximate surface area is 109 Å². The van der Waals surface area contributed by atoms with Gasteiger partial charge in [0.05, 0.1) is 5.02 Å². The van der Waals surface area contributed by atoms with Crippen molar-refractivity contribution in [3.05, 3.63) is 50.1 Å². The lowest BCUT2D eigenvalue weighted by Gasteiger charge is -2.09. The van der Waals surface area contributed by atoms with Crippen molar-refractivity contribution in [1.29, 1.82) is 0 Å². The highest BCUT2D eigenvalue weighted by atomic mass is 35.5. The van der Waals surface area contributed by atoms with Crippen LogP contribution in [0.2, 0.25) is 10.0 Å². The third kappa shape index (κ3) is 2.70. The molecule has 2 rings (SSSR count). The zero-order chi connectivity index (χ0) is 11.5. The normalized spacial score (nSPS) is 10.4. The number of halogens is 2. The van der Waals surface area contributed by atoms with Crippen LogP contribution in [0.4, 0.5) is 5.69 Å². The number of rotatable bonds is 3. The molecule has 1 aromatic carbocycles. The minimum absolute atomic E-state index is 0.776. The molecule has 0 spiro atoms. The van der Waals surface area contributed by atoms with Crippen molar-refractivity contribution in [2.45, 2.75) is 13.5 Å². The second-order valence-corrected chi connectivity index (χ2v) is 5.34. The molecule has 0 bridgehead atoms. The lowest BCUT2D eigenvalue weighted by atomic mass is 10.2. The first-order chi connectivity index (χ1) is 7.66. The van der Waals surface area contributed by atoms with Crippen molar-refractivity contribution in [1.82, 2.24) is 0 Å². The number of anilines is 1. The summed E-state index contributed by atoms with van der Waals surface area (Å²) in [5.74, 6) is 0. The molecule has 84 valence electrons. The van der Waals surface area contributed by atoms with Crippen molar-refractivity contribution in [3.8, 4) is 0 Å². The summed E-state index contributed by atoms with van der Waals surface area (Å²) in [7, 11) is 0. The van der Waals surface area contributed by atoms with E-state index in [9.17, 15) is 0 Å². The summed E-state index contributed by atoms with van der Waals surface area (Å²) in [4.78, 5) is 1.21. The molecular weight excluding hydrogens is 261 g/mol. The van der Waals surface area contributed by atoms with Gasteiger partial charge in [-0.15, -0.1) is 11.3 Å². The van der Waals surface area contributed by atoms with Crippen molar-refractivity contribution < 1.29 is 0 Å². The van der Waals surface area contributed by atoms with Crippen molar-refractivity contribution in [3.63, 3.8) is 0 Å². The van der Waals surface area contributed by atoms with E-state index in [1.807, 2.05) is 36.6 Å². The summed E-state index contributed by atoms with van der Waals surface area (Å²) >= 11 is 13.6. The van der Waals surface area contributed by atoms with Crippen LogP contribution in [0.25, 0.3) is 0 Å². The van der Waals surface area contributed by atoms with Gasteiger partial charge in [-0.1, -0.05) is 29.3 Å². The van der Waals surface area contributed by atoms with E-state index in [1.54, 1.807) is 11.3 Å². The van der Waals surface area contributed by atoms with Gasteiger partial charge in [0.15, 0.2) is 0 Å². The van der Waals surface area contributed by atoms with Gasteiger partial charge in [-0.2, -0.15) is 0 Å². The van der Waals surface area contributed by atoms with Crippen LogP contribution >= 0.6 is 34.5 Å². The molecule has 1 heterocycles. The maximum absolute atomic E-state index is 6.04. The molecule has 0 fully saturated rings. The fourth-order valence-corrected chi connectivity index (χ4v) is 2.61. The standard InChI is InChI=1S/C12H11Cl2NS/c1-8-11(14)3-2-4-12(8)15-6-10-5-9(13)7-16-10/h2-5,7,15H,6H2,1H3. The molecule has 1 N–H and O–H groups in total. The van der Waals surface area contributed by atoms with E-state index in [0.717, 1.165) is 27.8 Å². The Morgan fingerprint density at radius 1 is 1.31 bits per heavy atom. The van der Waals surface area contributed by atoms with E-state index < -0.39 is 0 Å². The number of nitrogens with one attached hydrogen (secondary N) is 1. The first-order valence-corrected chi connectivity index (χ1v) is 6.52. The monoisotopic (exact) mass is 271 g/mol. The molecule has 0 saturated carbocycles. The van der Waals surface area contributed by atoms with E-state index >= 15 is 0 Å². The lowest BCUT2D eigenvalue weighted by molar-refractivity contribution is 1.18. The second-order valence-electron chi connectivity index (χ2n) is 3.50. The smallest absolute Gasteiger partial charge is 0.0516 e. The van der Waals surface area contributed by atoms with Crippen LogP contribution in [-0.2, 0) is 6.54 Å². The van der Waals surface area contributed by atoms with Gasteiger partial charge in [0.1, 0.15) is 0 Å². The number of benzene rings is 1. The van der Waals surface area contributed by atoms with Gasteiger partial charge >= 0.3 is 0 Å². The highest BCUT2D eigenvalue weighted by Crippen LogP contribution is 2.25. The van der Waals surface area contributed by atoms with Crippen LogP contribution in [0.5, 0.6) is 0 Å². The Morgan fingerprint density at radius 2 is 2.12 bits per heavy atom. The summed E-state index contributed by atoms with van der Waals surface area (Å²) in [5, 5.41) is 6.87. The average molecular weight is 272 g/mol. The molecule has 0 aliphatic heterocycles. The van der Waals surface area contributed by atoms with Crippen LogP contribution in [0.1, 0.15) is 10.4 Å². The topological polar surface area (TPSA) is 12.0 Å². The summed E-state index contributed by atoms with van der Waals surface area (Å²) in [6, 6.07) is 7.83. The molecule has 1 aromatic heterocycles. The van der Waals surface area contributed by atoms with Gasteiger partial charge in [0.25, 0.3) is 0 Å². The molecular formula is C12H11Cl2NS. The minimum Gasteiger partial charge on any atom is -0.380 e. The predicted octanol–water partition coefficient (Wildman–Crippen LogP) is 4.98. The Balaban J connectivity index is 2.07. The lowest BCUT2D eigenvalue weighted by Crippen LogP contribution is -1.99. The molecule has 0 saturated heterocycles. The zero-order valence-electron chi connectivity index (χ0n) is 8.76. The fourth-order valence-electron chi connectivity index (χ4n) is 1.43. The first-order valence-electron chi connectivity index (χ1n) is 4.88. The van der Waals surface area contributed by atoms with Gasteiger partial charge in [0.2, 0.25) is 0 Å². The summed E-state index contributed by atoms with van der Waals surface area (Å²) in [6.07, 6.45) is 0. The van der Waals surface area contributed by atoms with Gasteiger partial charge in [0, 0.05) is 27.5 Å². The summed E-state index contributed by atoms with van der Waals surface area (Å²) < 4.78 is 0. The third-order valence-electron chi connectivity index (χ3n) is 2.34. The van der Waals surface area contributed by atoms with Crippen molar-refractivity contribution in [2.24, 2.45) is 0 Å². The highest BCUT2D eigenvalue weighted by Gasteiger charge is 2.02. The Kier molecular flexibility index (Phi) is 3.74. The molecule has 0 amide bonds. The van der Waals surface area contributed by atoms with E-state index in [4.69, 9.17) is 23.2 Å². The Morgan fingerprint density at radius 3 is 2.81 bits per heavy atom. The maximum atomic E-state index is 6.04. The summed E-state index contributed by atoms with van der Waals surface area (Å²) in [5.41, 5.74) is 2.14. The molecule has 16 heavy (non-hydrogen) atoms. The van der Waals surface area contributed by atoms with Crippen LogP contribution in [0.15, 0.2) is 29.6 Å². The van der Waals surface area contributed by atoms with Crippen molar-refractivity contribution in [2.75, 3.05) is 5.32 Å². The molecule has 0 atom stereocenters.